The molecule has 1 fully saturated rings. The van der Waals surface area contributed by atoms with Crippen LogP contribution in [0.25, 0.3) is 10.1 Å². The van der Waals surface area contributed by atoms with Crippen molar-refractivity contribution in [1.82, 2.24) is 15.6 Å². The van der Waals surface area contributed by atoms with Gasteiger partial charge in [0, 0.05) is 29.0 Å². The van der Waals surface area contributed by atoms with Crippen molar-refractivity contribution in [2.45, 2.75) is 19.4 Å². The molecule has 0 radical (unpaired) electrons. The molecule has 1 aromatic carbocycles. The quantitative estimate of drug-likeness (QED) is 0.649. The average molecular weight is 377 g/mol. The summed E-state index contributed by atoms with van der Waals surface area (Å²) < 4.78 is 1.05. The number of amides is 1. The van der Waals surface area contributed by atoms with Crippen molar-refractivity contribution < 1.29 is 4.79 Å². The molecule has 3 N–H and O–H groups in total. The predicted molar refractivity (Wildman–Crippen MR) is 108 cm³/mol. The van der Waals surface area contributed by atoms with Crippen molar-refractivity contribution in [3.63, 3.8) is 0 Å². The van der Waals surface area contributed by atoms with E-state index in [2.05, 4.69) is 27.0 Å². The Kier molecular flexibility index (Phi) is 4.75. The zero-order chi connectivity index (χ0) is 18.8. The molecule has 3 aromatic rings. The average Bonchev–Trinajstić information content (AvgIpc) is 3.30. The molecular formula is C20H19N5OS. The van der Waals surface area contributed by atoms with Gasteiger partial charge in [0.1, 0.15) is 5.82 Å². The van der Waals surface area contributed by atoms with Crippen LogP contribution in [0, 0.1) is 18.3 Å². The van der Waals surface area contributed by atoms with Gasteiger partial charge in [-0.15, -0.1) is 11.3 Å². The molecule has 0 aliphatic carbocycles. The second kappa shape index (κ2) is 7.35. The van der Waals surface area contributed by atoms with Crippen LogP contribution in [0.2, 0.25) is 0 Å². The van der Waals surface area contributed by atoms with Crippen molar-refractivity contribution >= 4 is 38.1 Å². The third-order valence-corrected chi connectivity index (χ3v) is 5.90. The molecule has 136 valence electrons. The number of thiophene rings is 1. The molecule has 1 aliphatic rings. The second-order valence-corrected chi connectivity index (χ2v) is 7.65. The Morgan fingerprint density at radius 2 is 2.26 bits per heavy atom. The molecule has 1 amide bonds. The molecule has 1 atom stereocenters. The third-order valence-electron chi connectivity index (χ3n) is 4.73. The standard InChI is InChI=1S/C20H19N5OS/c1-12-16-3-2-13(10-21)8-17(16)27-20(12)25-18-9-14(4-7-23-18)19(26)24-15-5-6-22-11-15/h2-4,7-9,15,22H,5-6,11H2,1H3,(H,23,25)(H,24,26)/t15-/m0/s1. The summed E-state index contributed by atoms with van der Waals surface area (Å²) in [7, 11) is 0. The molecule has 0 saturated carbocycles. The van der Waals surface area contributed by atoms with E-state index in [-0.39, 0.29) is 11.9 Å². The van der Waals surface area contributed by atoms with E-state index in [9.17, 15) is 4.79 Å². The Hall–Kier alpha value is -2.95. The molecule has 0 unspecified atom stereocenters. The molecular weight excluding hydrogens is 358 g/mol. The van der Waals surface area contributed by atoms with Gasteiger partial charge in [0.15, 0.2) is 0 Å². The van der Waals surface area contributed by atoms with Gasteiger partial charge in [-0.25, -0.2) is 4.98 Å². The molecule has 7 heteroatoms. The highest BCUT2D eigenvalue weighted by Crippen LogP contribution is 2.37. The Balaban J connectivity index is 1.56. The minimum Gasteiger partial charge on any atom is -0.348 e. The van der Waals surface area contributed by atoms with Crippen LogP contribution in [0.1, 0.15) is 27.9 Å². The van der Waals surface area contributed by atoms with Gasteiger partial charge in [-0.05, 0) is 55.1 Å². The maximum atomic E-state index is 12.5. The van der Waals surface area contributed by atoms with Gasteiger partial charge in [0.25, 0.3) is 5.91 Å². The Labute approximate surface area is 161 Å². The molecule has 0 bridgehead atoms. The van der Waals surface area contributed by atoms with E-state index < -0.39 is 0 Å². The number of nitrogens with one attached hydrogen (secondary N) is 3. The van der Waals surface area contributed by atoms with Crippen LogP contribution in [0.15, 0.2) is 36.5 Å². The van der Waals surface area contributed by atoms with Gasteiger partial charge < -0.3 is 16.0 Å². The first kappa shape index (κ1) is 17.5. The van der Waals surface area contributed by atoms with Crippen molar-refractivity contribution in [2.75, 3.05) is 18.4 Å². The highest BCUT2D eigenvalue weighted by Gasteiger charge is 2.18. The minimum atomic E-state index is -0.0825. The van der Waals surface area contributed by atoms with Gasteiger partial charge in [-0.3, -0.25) is 4.79 Å². The molecule has 1 aliphatic heterocycles. The van der Waals surface area contributed by atoms with Crippen LogP contribution in [0.3, 0.4) is 0 Å². The lowest BCUT2D eigenvalue weighted by Crippen LogP contribution is -2.36. The molecule has 3 heterocycles. The molecule has 27 heavy (non-hydrogen) atoms. The summed E-state index contributed by atoms with van der Waals surface area (Å²) in [4.78, 5) is 16.8. The normalized spacial score (nSPS) is 16.2. The number of carbonyl (C=O) groups excluding carboxylic acids is 1. The lowest BCUT2D eigenvalue weighted by molar-refractivity contribution is 0.0940. The zero-order valence-corrected chi connectivity index (χ0v) is 15.7. The fourth-order valence-electron chi connectivity index (χ4n) is 3.22. The van der Waals surface area contributed by atoms with E-state index in [4.69, 9.17) is 5.26 Å². The van der Waals surface area contributed by atoms with E-state index in [0.717, 1.165) is 40.2 Å². The first-order chi connectivity index (χ1) is 13.1. The van der Waals surface area contributed by atoms with Gasteiger partial charge in [-0.1, -0.05) is 6.07 Å². The number of nitrogens with zero attached hydrogens (tertiary/aromatic N) is 2. The largest absolute Gasteiger partial charge is 0.348 e. The number of rotatable bonds is 4. The predicted octanol–water partition coefficient (Wildman–Crippen LogP) is 3.31. The van der Waals surface area contributed by atoms with Crippen LogP contribution in [-0.4, -0.2) is 30.0 Å². The number of aryl methyl sites for hydroxylation is 1. The summed E-state index contributed by atoms with van der Waals surface area (Å²) >= 11 is 1.58. The maximum Gasteiger partial charge on any atom is 0.251 e. The van der Waals surface area contributed by atoms with Gasteiger partial charge in [0.05, 0.1) is 16.6 Å². The first-order valence-electron chi connectivity index (χ1n) is 8.82. The van der Waals surface area contributed by atoms with Crippen molar-refractivity contribution in [3.05, 3.63) is 53.2 Å². The summed E-state index contributed by atoms with van der Waals surface area (Å²) in [6.45, 7) is 3.79. The Morgan fingerprint density at radius 3 is 3.04 bits per heavy atom. The second-order valence-electron chi connectivity index (χ2n) is 6.60. The van der Waals surface area contributed by atoms with Crippen molar-refractivity contribution in [2.24, 2.45) is 0 Å². The molecule has 6 nitrogen and oxygen atoms in total. The topological polar surface area (TPSA) is 89.8 Å². The van der Waals surface area contributed by atoms with Crippen molar-refractivity contribution in [3.8, 4) is 6.07 Å². The zero-order valence-electron chi connectivity index (χ0n) is 14.9. The summed E-state index contributed by atoms with van der Waals surface area (Å²) in [5, 5.41) is 20.8. The number of anilines is 2. The smallest absolute Gasteiger partial charge is 0.251 e. The van der Waals surface area contributed by atoms with E-state index in [0.29, 0.717) is 16.9 Å². The fourth-order valence-corrected chi connectivity index (χ4v) is 4.37. The van der Waals surface area contributed by atoms with E-state index in [1.807, 2.05) is 25.1 Å². The lowest BCUT2D eigenvalue weighted by atomic mass is 10.1. The number of benzene rings is 1. The number of fused-ring (bicyclic) bond motifs is 1. The summed E-state index contributed by atoms with van der Waals surface area (Å²) in [5.41, 5.74) is 2.34. The summed E-state index contributed by atoms with van der Waals surface area (Å²) in [6.07, 6.45) is 2.59. The van der Waals surface area contributed by atoms with Crippen LogP contribution in [-0.2, 0) is 0 Å². The molecule has 1 saturated heterocycles. The number of hydrogen-bond acceptors (Lipinski definition) is 6. The van der Waals surface area contributed by atoms with E-state index in [1.165, 1.54) is 0 Å². The van der Waals surface area contributed by atoms with Crippen LogP contribution in [0.5, 0.6) is 0 Å². The number of pyridine rings is 1. The number of hydrogen-bond donors (Lipinski definition) is 3. The van der Waals surface area contributed by atoms with Crippen LogP contribution in [0.4, 0.5) is 10.8 Å². The van der Waals surface area contributed by atoms with Gasteiger partial charge in [-0.2, -0.15) is 5.26 Å². The van der Waals surface area contributed by atoms with Gasteiger partial charge in [0.2, 0.25) is 0 Å². The van der Waals surface area contributed by atoms with Gasteiger partial charge >= 0.3 is 0 Å². The Morgan fingerprint density at radius 1 is 1.37 bits per heavy atom. The third kappa shape index (κ3) is 3.63. The summed E-state index contributed by atoms with van der Waals surface area (Å²) in [5.74, 6) is 0.545. The highest BCUT2D eigenvalue weighted by molar-refractivity contribution is 7.23. The monoisotopic (exact) mass is 377 g/mol. The van der Waals surface area contributed by atoms with E-state index in [1.54, 1.807) is 29.7 Å². The number of carbonyl (C=O) groups is 1. The highest BCUT2D eigenvalue weighted by atomic mass is 32.1. The van der Waals surface area contributed by atoms with Crippen LogP contribution >= 0.6 is 11.3 Å². The van der Waals surface area contributed by atoms with E-state index >= 15 is 0 Å². The van der Waals surface area contributed by atoms with Crippen LogP contribution < -0.4 is 16.0 Å². The SMILES string of the molecule is Cc1c(Nc2cc(C(=O)N[C@H]3CCNC3)ccn2)sc2cc(C#N)ccc12. The van der Waals surface area contributed by atoms with Crippen molar-refractivity contribution in [1.29, 1.82) is 5.26 Å². The first-order valence-corrected chi connectivity index (χ1v) is 9.63. The summed E-state index contributed by atoms with van der Waals surface area (Å²) in [6, 6.07) is 11.5. The Bertz CT molecular complexity index is 1050. The number of nitriles is 1. The molecule has 4 rings (SSSR count). The lowest BCUT2D eigenvalue weighted by Gasteiger charge is -2.12. The molecule has 0 spiro atoms. The minimum absolute atomic E-state index is 0.0825. The maximum absolute atomic E-state index is 12.5. The fraction of sp³-hybridized carbons (Fsp3) is 0.250. The molecule has 2 aromatic heterocycles. The number of aromatic nitrogens is 1.